The molecule has 0 amide bonds. The topological polar surface area (TPSA) is 72.5 Å². The average molecular weight is 286 g/mol. The van der Waals surface area contributed by atoms with Crippen molar-refractivity contribution >= 4 is 25.3 Å². The molecule has 0 bridgehead atoms. The van der Waals surface area contributed by atoms with E-state index in [1.54, 1.807) is 13.1 Å². The van der Waals surface area contributed by atoms with Gasteiger partial charge in [-0.25, -0.2) is 4.58 Å². The molecule has 0 aromatic heterocycles. The molecule has 10 heteroatoms. The lowest BCUT2D eigenvalue weighted by molar-refractivity contribution is -0.140. The molecule has 0 atom stereocenters. The number of hydrogen-bond acceptors (Lipinski definition) is 7. The first-order chi connectivity index (χ1) is 7.37. The molecule has 0 aliphatic heterocycles. The Morgan fingerprint density at radius 3 is 1.62 bits per heavy atom. The lowest BCUT2D eigenvalue weighted by Gasteiger charge is -2.23. The van der Waals surface area contributed by atoms with Gasteiger partial charge in [0.2, 0.25) is 0 Å². The van der Waals surface area contributed by atoms with Gasteiger partial charge in [-0.05, 0) is 13.1 Å². The molecule has 0 saturated heterocycles. The zero-order valence-corrected chi connectivity index (χ0v) is 13.4. The van der Waals surface area contributed by atoms with Crippen molar-refractivity contribution in [2.75, 3.05) is 28.4 Å². The molecule has 0 aromatic rings. The van der Waals surface area contributed by atoms with Gasteiger partial charge in [-0.15, -0.1) is 0 Å². The van der Waals surface area contributed by atoms with E-state index in [1.807, 2.05) is 0 Å². The molecule has 0 unspecified atom stereocenters. The molecule has 16 heavy (non-hydrogen) atoms. The lowest BCUT2D eigenvalue weighted by atomic mass is 11.8. The predicted octanol–water partition coefficient (Wildman–Crippen LogP) is 0.158. The highest BCUT2D eigenvalue weighted by atomic mass is 29.3. The predicted molar refractivity (Wildman–Crippen MR) is 59.9 cm³/mol. The molecule has 0 aliphatic rings. The summed E-state index contributed by atoms with van der Waals surface area (Å²) in [6.07, 6.45) is 0. The largest absolute Gasteiger partial charge is 0.610 e. The Bertz CT molecular complexity index is 222. The van der Waals surface area contributed by atoms with Crippen LogP contribution in [-0.4, -0.2) is 53.8 Å². The molecule has 0 saturated carbocycles. The Balaban J connectivity index is 4.44. The van der Waals surface area contributed by atoms with E-state index in [0.717, 1.165) is 0 Å². The van der Waals surface area contributed by atoms with Crippen LogP contribution < -0.4 is 0 Å². The molecule has 0 heterocycles. The van der Waals surface area contributed by atoms with E-state index in [-0.39, 0.29) is 0 Å². The van der Waals surface area contributed by atoms with Gasteiger partial charge in [-0.1, -0.05) is 0 Å². The first-order valence-corrected chi connectivity index (χ1v) is 11.3. The van der Waals surface area contributed by atoms with E-state index in [2.05, 4.69) is 0 Å². The summed E-state index contributed by atoms with van der Waals surface area (Å²) in [4.78, 5) is 0. The quantitative estimate of drug-likeness (QED) is 0.357. The third kappa shape index (κ3) is 4.14. The lowest BCUT2D eigenvalue weighted by Crippen LogP contribution is -2.55. The maximum absolute atomic E-state index is 11.8. The third-order valence-electron chi connectivity index (χ3n) is 1.87. The van der Waals surface area contributed by atoms with Gasteiger partial charge in [0.1, 0.15) is 0 Å². The highest BCUT2D eigenvalue weighted by Crippen LogP contribution is 2.10. The monoisotopic (exact) mass is 286 g/mol. The summed E-state index contributed by atoms with van der Waals surface area (Å²) in [5.74, 6) is 0. The van der Waals surface area contributed by atoms with E-state index in [1.165, 1.54) is 28.4 Å². The molecule has 7 nitrogen and oxygen atoms in total. The molecule has 0 aromatic carbocycles. The van der Waals surface area contributed by atoms with E-state index < -0.39 is 25.3 Å². The second-order valence-electron chi connectivity index (χ2n) is 3.23. The van der Waals surface area contributed by atoms with E-state index in [0.29, 0.717) is 0 Å². The summed E-state index contributed by atoms with van der Waals surface area (Å²) in [5.41, 5.74) is 0. The second kappa shape index (κ2) is 6.71. The highest BCUT2D eigenvalue weighted by molar-refractivity contribution is 7.15. The van der Waals surface area contributed by atoms with Crippen LogP contribution in [0.3, 0.4) is 0 Å². The summed E-state index contributed by atoms with van der Waals surface area (Å²) in [7, 11) is -2.84. The smallest absolute Gasteiger partial charge is 0.396 e. The molecule has 96 valence electrons. The molecular formula is C6H18O7Si3. The molecule has 0 aliphatic carbocycles. The van der Waals surface area contributed by atoms with Crippen LogP contribution in [0.15, 0.2) is 0 Å². The van der Waals surface area contributed by atoms with Crippen molar-refractivity contribution in [3.63, 3.8) is 0 Å². The van der Waals surface area contributed by atoms with Crippen molar-refractivity contribution in [2.45, 2.75) is 13.1 Å². The Morgan fingerprint density at radius 2 is 1.31 bits per heavy atom. The minimum absolute atomic E-state index is 1.35. The van der Waals surface area contributed by atoms with Crippen molar-refractivity contribution < 1.29 is 31.3 Å². The fourth-order valence-electron chi connectivity index (χ4n) is 0.723. The van der Waals surface area contributed by atoms with Crippen LogP contribution in [0.4, 0.5) is 0 Å². The maximum Gasteiger partial charge on any atom is 0.610 e. The van der Waals surface area contributed by atoms with Crippen LogP contribution in [0.5, 0.6) is 0 Å². The van der Waals surface area contributed by atoms with Crippen LogP contribution in [0, 0.1) is 0 Å². The van der Waals surface area contributed by atoms with Crippen LogP contribution in [0.1, 0.15) is 0 Å². The van der Waals surface area contributed by atoms with Crippen LogP contribution in [0.2, 0.25) is 13.1 Å². The summed E-state index contributed by atoms with van der Waals surface area (Å²) in [6.45, 7) is 3.50. The Kier molecular flexibility index (Phi) is 6.73. The van der Waals surface area contributed by atoms with Crippen molar-refractivity contribution in [2.24, 2.45) is 0 Å². The van der Waals surface area contributed by atoms with Crippen LogP contribution in [-0.2, 0) is 31.3 Å². The van der Waals surface area contributed by atoms with E-state index >= 15 is 0 Å². The zero-order chi connectivity index (χ0) is 12.8. The van der Waals surface area contributed by atoms with Gasteiger partial charge in [-0.2, -0.15) is 0 Å². The summed E-state index contributed by atoms with van der Waals surface area (Å²) in [6, 6.07) is 0. The highest BCUT2D eigenvalue weighted by Gasteiger charge is 2.55. The molecule has 0 rings (SSSR count). The summed E-state index contributed by atoms with van der Waals surface area (Å²) >= 11 is 0. The van der Waals surface area contributed by atoms with Gasteiger partial charge >= 0.3 is 25.3 Å². The first-order valence-electron chi connectivity index (χ1n) is 4.48. The van der Waals surface area contributed by atoms with Crippen LogP contribution >= 0.6 is 0 Å². The third-order valence-corrected chi connectivity index (χ3v) is 9.43. The average Bonchev–Trinajstić information content (AvgIpc) is 2.29. The van der Waals surface area contributed by atoms with Crippen LogP contribution in [0.25, 0.3) is 0 Å². The molecule has 0 spiro atoms. The van der Waals surface area contributed by atoms with Gasteiger partial charge in [0.25, 0.3) is 0 Å². The minimum Gasteiger partial charge on any atom is -0.396 e. The normalized spacial score (nSPS) is 12.6. The van der Waals surface area contributed by atoms with E-state index in [9.17, 15) is 4.46 Å². The molecule has 0 fully saturated rings. The van der Waals surface area contributed by atoms with Gasteiger partial charge in [0.05, 0.1) is 0 Å². The Labute approximate surface area is 98.7 Å². The molecule has 0 radical (unpaired) electrons. The molecule has 0 N–H and O–H groups in total. The minimum atomic E-state index is -3.27. The zero-order valence-electron chi connectivity index (χ0n) is 10.4. The number of rotatable bonds is 8. The fraction of sp³-hybridized carbons (Fsp3) is 1.00. The van der Waals surface area contributed by atoms with Crippen molar-refractivity contribution in [1.82, 2.24) is 0 Å². The standard InChI is InChI=1S/C6H18O7Si3/c1-8-15(5,6)13-12-14(7)16(9-2,10-3)11-4/h1-6H3. The van der Waals surface area contributed by atoms with Crippen molar-refractivity contribution in [3.8, 4) is 0 Å². The Hall–Kier alpha value is 0.0506. The van der Waals surface area contributed by atoms with Crippen molar-refractivity contribution in [3.05, 3.63) is 0 Å². The van der Waals surface area contributed by atoms with Gasteiger partial charge in [-0.3, -0.25) is 0 Å². The maximum atomic E-state index is 11.8. The number of hydrogen-bond donors (Lipinski definition) is 0. The summed E-state index contributed by atoms with van der Waals surface area (Å²) in [5, 5.41) is 0. The Morgan fingerprint density at radius 1 is 0.875 bits per heavy atom. The van der Waals surface area contributed by atoms with Gasteiger partial charge < -0.3 is 26.7 Å². The van der Waals surface area contributed by atoms with E-state index in [4.69, 9.17) is 26.9 Å². The van der Waals surface area contributed by atoms with Crippen molar-refractivity contribution in [1.29, 1.82) is 0 Å². The van der Waals surface area contributed by atoms with Gasteiger partial charge in [0.15, 0.2) is 0 Å². The summed E-state index contributed by atoms with van der Waals surface area (Å²) < 4.78 is 41.7. The molecular weight excluding hydrogens is 268 g/mol. The second-order valence-corrected chi connectivity index (χ2v) is 12.7. The first kappa shape index (κ1) is 16.1. The fourth-order valence-corrected chi connectivity index (χ4v) is 5.18. The SMILES string of the molecule is CO[Si](C)(C)OO[Si](=O)[Si](OC)(OC)OC. The van der Waals surface area contributed by atoms with Gasteiger partial charge in [0, 0.05) is 28.4 Å².